The lowest BCUT2D eigenvalue weighted by Gasteiger charge is -2.25. The maximum Gasteiger partial charge on any atom is 0.242 e. The Kier molecular flexibility index (Phi) is 3.18. The summed E-state index contributed by atoms with van der Waals surface area (Å²) >= 11 is 0. The van der Waals surface area contributed by atoms with Crippen LogP contribution in [0.25, 0.3) is 12.2 Å². The van der Waals surface area contributed by atoms with Gasteiger partial charge in [0.25, 0.3) is 0 Å². The van der Waals surface area contributed by atoms with Crippen LogP contribution in [0.5, 0.6) is 0 Å². The van der Waals surface area contributed by atoms with Crippen LogP contribution >= 0.6 is 9.24 Å². The van der Waals surface area contributed by atoms with E-state index in [1.165, 1.54) is 0 Å². The zero-order valence-corrected chi connectivity index (χ0v) is 11.6. The first-order valence-corrected chi connectivity index (χ1v) is 6.75. The Bertz CT molecular complexity index is 663. The molecule has 1 heterocycles. The van der Waals surface area contributed by atoms with Crippen LogP contribution in [0.15, 0.2) is 48.5 Å². The normalized spacial score (nSPS) is 14.9. The fraction of sp³-hybridized carbons (Fsp3) is 0.0625. The van der Waals surface area contributed by atoms with Crippen molar-refractivity contribution in [2.45, 2.75) is 6.54 Å². The van der Waals surface area contributed by atoms with Crippen molar-refractivity contribution in [1.82, 2.24) is 0 Å². The standard InChI is InChI=1S/C16H14NOP/c18-16(19)17-11-14-7-2-1-5-12(14)9-10-13-6-3-4-8-15(13)17/h1-10H,11,19H2/b10-9-. The Hall–Kier alpha value is -1.92. The van der Waals surface area contributed by atoms with E-state index in [1.54, 1.807) is 4.90 Å². The lowest BCUT2D eigenvalue weighted by Crippen LogP contribution is -2.26. The summed E-state index contributed by atoms with van der Waals surface area (Å²) in [6, 6.07) is 16.1. The van der Waals surface area contributed by atoms with E-state index in [1.807, 2.05) is 36.4 Å². The van der Waals surface area contributed by atoms with Gasteiger partial charge in [0, 0.05) is 0 Å². The largest absolute Gasteiger partial charge is 0.304 e. The molecular formula is C16H14NOP. The number of amides is 1. The Labute approximate surface area is 115 Å². The third-order valence-electron chi connectivity index (χ3n) is 3.32. The molecule has 0 bridgehead atoms. The molecule has 0 fully saturated rings. The van der Waals surface area contributed by atoms with Gasteiger partial charge >= 0.3 is 0 Å². The van der Waals surface area contributed by atoms with E-state index in [-0.39, 0.29) is 5.65 Å². The molecule has 2 aromatic rings. The summed E-state index contributed by atoms with van der Waals surface area (Å²) in [4.78, 5) is 13.7. The smallest absolute Gasteiger partial charge is 0.242 e. The van der Waals surface area contributed by atoms with Gasteiger partial charge in [-0.25, -0.2) is 0 Å². The van der Waals surface area contributed by atoms with Crippen molar-refractivity contribution in [2.75, 3.05) is 4.90 Å². The van der Waals surface area contributed by atoms with Gasteiger partial charge in [-0.1, -0.05) is 54.6 Å². The van der Waals surface area contributed by atoms with Gasteiger partial charge in [0.15, 0.2) is 0 Å². The molecule has 1 unspecified atom stereocenters. The number of hydrogen-bond donors (Lipinski definition) is 0. The molecule has 1 amide bonds. The number of fused-ring (bicyclic) bond motifs is 2. The van der Waals surface area contributed by atoms with Gasteiger partial charge in [-0.2, -0.15) is 0 Å². The Balaban J connectivity index is 2.19. The summed E-state index contributed by atoms with van der Waals surface area (Å²) in [7, 11) is 2.27. The first-order chi connectivity index (χ1) is 9.25. The van der Waals surface area contributed by atoms with Gasteiger partial charge in [0.05, 0.1) is 12.2 Å². The minimum absolute atomic E-state index is 0.0162. The van der Waals surface area contributed by atoms with E-state index in [4.69, 9.17) is 0 Å². The molecule has 2 nitrogen and oxygen atoms in total. The molecule has 0 spiro atoms. The van der Waals surface area contributed by atoms with Crippen molar-refractivity contribution < 1.29 is 4.79 Å². The first-order valence-electron chi connectivity index (χ1n) is 6.18. The fourth-order valence-electron chi connectivity index (χ4n) is 2.35. The number of benzene rings is 2. The van der Waals surface area contributed by atoms with E-state index in [9.17, 15) is 4.79 Å². The molecule has 2 aromatic carbocycles. The van der Waals surface area contributed by atoms with Gasteiger partial charge < -0.3 is 4.90 Å². The second-order valence-electron chi connectivity index (χ2n) is 4.52. The average molecular weight is 267 g/mol. The predicted octanol–water partition coefficient (Wildman–Crippen LogP) is 4.17. The molecule has 1 aliphatic heterocycles. The second kappa shape index (κ2) is 4.99. The van der Waals surface area contributed by atoms with Gasteiger partial charge in [-0.15, -0.1) is 0 Å². The molecule has 94 valence electrons. The van der Waals surface area contributed by atoms with E-state index >= 15 is 0 Å². The number of nitrogens with zero attached hydrogens (tertiary/aromatic N) is 1. The van der Waals surface area contributed by atoms with Crippen LogP contribution < -0.4 is 4.90 Å². The zero-order valence-electron chi connectivity index (χ0n) is 10.4. The molecule has 3 heteroatoms. The van der Waals surface area contributed by atoms with Crippen molar-refractivity contribution >= 4 is 32.7 Å². The molecule has 1 atom stereocenters. The highest BCUT2D eigenvalue weighted by atomic mass is 31.0. The number of anilines is 1. The summed E-state index contributed by atoms with van der Waals surface area (Å²) in [5.41, 5.74) is 4.32. The van der Waals surface area contributed by atoms with Gasteiger partial charge in [0.1, 0.15) is 0 Å². The number of para-hydroxylation sites is 1. The van der Waals surface area contributed by atoms with Gasteiger partial charge in [0.2, 0.25) is 5.65 Å². The van der Waals surface area contributed by atoms with E-state index < -0.39 is 0 Å². The van der Waals surface area contributed by atoms with Crippen LogP contribution in [-0.2, 0) is 6.54 Å². The van der Waals surface area contributed by atoms with E-state index in [2.05, 4.69) is 33.5 Å². The molecular weight excluding hydrogens is 253 g/mol. The van der Waals surface area contributed by atoms with Crippen LogP contribution in [0, 0.1) is 0 Å². The number of carbonyl (C=O) groups is 1. The first kappa shape index (κ1) is 12.1. The lowest BCUT2D eigenvalue weighted by molar-refractivity contribution is 0.264. The van der Waals surface area contributed by atoms with Crippen molar-refractivity contribution in [3.05, 3.63) is 65.2 Å². The molecule has 0 N–H and O–H groups in total. The molecule has 19 heavy (non-hydrogen) atoms. The number of hydrogen-bond acceptors (Lipinski definition) is 1. The minimum atomic E-state index is -0.0162. The van der Waals surface area contributed by atoms with Crippen LogP contribution in [0.3, 0.4) is 0 Å². The Morgan fingerprint density at radius 2 is 1.58 bits per heavy atom. The highest BCUT2D eigenvalue weighted by Gasteiger charge is 2.17. The molecule has 1 aliphatic rings. The van der Waals surface area contributed by atoms with Crippen LogP contribution in [-0.4, -0.2) is 5.65 Å². The molecule has 0 saturated heterocycles. The summed E-state index contributed by atoms with van der Waals surface area (Å²) in [6.45, 7) is 0.597. The fourth-order valence-corrected chi connectivity index (χ4v) is 2.58. The zero-order chi connectivity index (χ0) is 13.2. The van der Waals surface area contributed by atoms with Crippen LogP contribution in [0.4, 0.5) is 10.5 Å². The SMILES string of the molecule is O=C(P)N1Cc2ccccc2/C=C\c2ccccc21. The summed E-state index contributed by atoms with van der Waals surface area (Å²) < 4.78 is 0. The molecule has 3 rings (SSSR count). The molecule has 0 aromatic heterocycles. The predicted molar refractivity (Wildman–Crippen MR) is 83.1 cm³/mol. The summed E-state index contributed by atoms with van der Waals surface area (Å²) in [6.07, 6.45) is 4.17. The number of carbonyl (C=O) groups excluding carboxylic acids is 1. The van der Waals surface area contributed by atoms with E-state index in [0.717, 1.165) is 22.4 Å². The van der Waals surface area contributed by atoms with Gasteiger partial charge in [-0.3, -0.25) is 4.79 Å². The quantitative estimate of drug-likeness (QED) is 0.656. The Morgan fingerprint density at radius 1 is 0.947 bits per heavy atom. The average Bonchev–Trinajstić information content (AvgIpc) is 2.41. The molecule has 0 aliphatic carbocycles. The van der Waals surface area contributed by atoms with Crippen LogP contribution in [0.2, 0.25) is 0 Å². The molecule has 0 saturated carbocycles. The Morgan fingerprint density at radius 3 is 2.37 bits per heavy atom. The lowest BCUT2D eigenvalue weighted by atomic mass is 10.0. The number of rotatable bonds is 0. The van der Waals surface area contributed by atoms with Crippen molar-refractivity contribution in [2.24, 2.45) is 0 Å². The highest BCUT2D eigenvalue weighted by molar-refractivity contribution is 7.40. The summed E-state index contributed by atoms with van der Waals surface area (Å²) in [5, 5.41) is 0. The molecule has 0 radical (unpaired) electrons. The second-order valence-corrected chi connectivity index (χ2v) is 5.01. The van der Waals surface area contributed by atoms with Crippen molar-refractivity contribution in [3.8, 4) is 0 Å². The van der Waals surface area contributed by atoms with Crippen LogP contribution in [0.1, 0.15) is 16.7 Å². The van der Waals surface area contributed by atoms with E-state index in [0.29, 0.717) is 6.54 Å². The highest BCUT2D eigenvalue weighted by Crippen LogP contribution is 2.29. The van der Waals surface area contributed by atoms with Crippen molar-refractivity contribution in [1.29, 1.82) is 0 Å². The topological polar surface area (TPSA) is 20.3 Å². The monoisotopic (exact) mass is 267 g/mol. The maximum atomic E-state index is 11.9. The third kappa shape index (κ3) is 2.32. The maximum absolute atomic E-state index is 11.9. The van der Waals surface area contributed by atoms with Gasteiger partial charge in [-0.05, 0) is 32.0 Å². The van der Waals surface area contributed by atoms with Crippen molar-refractivity contribution in [3.63, 3.8) is 0 Å². The minimum Gasteiger partial charge on any atom is -0.304 e. The summed E-state index contributed by atoms with van der Waals surface area (Å²) in [5.74, 6) is 0. The third-order valence-corrected chi connectivity index (χ3v) is 3.63.